The summed E-state index contributed by atoms with van der Waals surface area (Å²) in [4.78, 5) is 0. The van der Waals surface area contributed by atoms with Crippen LogP contribution < -0.4 is 0 Å². The lowest BCUT2D eigenvalue weighted by molar-refractivity contribution is 0.282. The number of hydrogen-bond donors (Lipinski definition) is 0. The molecule has 0 nitrogen and oxygen atoms in total. The van der Waals surface area contributed by atoms with E-state index in [0.29, 0.717) is 0 Å². The molecule has 0 aliphatic heterocycles. The molecule has 16 heavy (non-hydrogen) atoms. The number of fused-ring (bicyclic) bond motifs is 2. The highest BCUT2D eigenvalue weighted by Gasteiger charge is 2.45. The van der Waals surface area contributed by atoms with Gasteiger partial charge in [-0.15, -0.1) is 0 Å². The molecule has 0 spiro atoms. The summed E-state index contributed by atoms with van der Waals surface area (Å²) in [6, 6.07) is 11.1. The summed E-state index contributed by atoms with van der Waals surface area (Å²) in [6.07, 6.45) is 8.56. The maximum Gasteiger partial charge on any atom is -0.0128 e. The van der Waals surface area contributed by atoms with E-state index in [4.69, 9.17) is 0 Å². The molecule has 0 amide bonds. The molecule has 0 heteroatoms. The van der Waals surface area contributed by atoms with Crippen LogP contribution in [-0.2, 0) is 0 Å². The molecule has 4 atom stereocenters. The van der Waals surface area contributed by atoms with Crippen LogP contribution in [-0.4, -0.2) is 0 Å². The first-order chi connectivity index (χ1) is 7.90. The molecule has 4 unspecified atom stereocenters. The molecule has 82 valence electrons. The highest BCUT2D eigenvalue weighted by atomic mass is 14.5. The van der Waals surface area contributed by atoms with Crippen molar-refractivity contribution in [2.45, 2.75) is 25.7 Å². The van der Waals surface area contributed by atoms with Crippen molar-refractivity contribution in [2.75, 3.05) is 0 Å². The Kier molecular flexibility index (Phi) is 1.82. The largest absolute Gasteiger partial charge is 0.0773 e. The predicted molar refractivity (Wildman–Crippen MR) is 66.8 cm³/mol. The van der Waals surface area contributed by atoms with Gasteiger partial charge in [0.25, 0.3) is 0 Å². The molecule has 4 rings (SSSR count). The monoisotopic (exact) mass is 210 g/mol. The van der Waals surface area contributed by atoms with Gasteiger partial charge in [-0.05, 0) is 60.5 Å². The van der Waals surface area contributed by atoms with Gasteiger partial charge in [-0.25, -0.2) is 0 Å². The average molecular weight is 210 g/mol. The van der Waals surface area contributed by atoms with E-state index in [2.05, 4.69) is 36.4 Å². The Labute approximate surface area is 97.4 Å². The van der Waals surface area contributed by atoms with Crippen molar-refractivity contribution in [3.05, 3.63) is 42.0 Å². The SMILES string of the molecule is C1=C(c2ccccc2)C2CC3CC1CC2C3. The van der Waals surface area contributed by atoms with Crippen LogP contribution in [0.4, 0.5) is 0 Å². The zero-order chi connectivity index (χ0) is 10.5. The topological polar surface area (TPSA) is 0 Å². The number of rotatable bonds is 1. The summed E-state index contributed by atoms with van der Waals surface area (Å²) < 4.78 is 0. The van der Waals surface area contributed by atoms with Crippen molar-refractivity contribution in [2.24, 2.45) is 23.7 Å². The van der Waals surface area contributed by atoms with E-state index in [-0.39, 0.29) is 0 Å². The lowest BCUT2D eigenvalue weighted by Gasteiger charge is -2.33. The standard InChI is InChI=1S/C16H18/c1-2-4-13(5-3-1)15-9-11-6-12-8-14(7-11)16(15)10-12/h1-5,9,11-12,14,16H,6-8,10H2. The fourth-order valence-electron chi connectivity index (χ4n) is 4.44. The lowest BCUT2D eigenvalue weighted by atomic mass is 9.72. The smallest absolute Gasteiger partial charge is 0.0128 e. The first-order valence-corrected chi connectivity index (χ1v) is 6.67. The van der Waals surface area contributed by atoms with Gasteiger partial charge >= 0.3 is 0 Å². The fourth-order valence-corrected chi connectivity index (χ4v) is 4.44. The molecule has 3 aliphatic carbocycles. The minimum absolute atomic E-state index is 0.895. The second-order valence-electron chi connectivity index (χ2n) is 5.92. The van der Waals surface area contributed by atoms with Gasteiger partial charge in [-0.2, -0.15) is 0 Å². The van der Waals surface area contributed by atoms with Gasteiger partial charge in [0, 0.05) is 0 Å². The Hall–Kier alpha value is -1.04. The van der Waals surface area contributed by atoms with E-state index in [1.165, 1.54) is 31.2 Å². The fraction of sp³-hybridized carbons (Fsp3) is 0.500. The van der Waals surface area contributed by atoms with E-state index < -0.39 is 0 Å². The molecule has 0 N–H and O–H groups in total. The van der Waals surface area contributed by atoms with Gasteiger partial charge in [0.1, 0.15) is 0 Å². The molecule has 0 saturated heterocycles. The van der Waals surface area contributed by atoms with Crippen molar-refractivity contribution in [3.63, 3.8) is 0 Å². The van der Waals surface area contributed by atoms with Crippen LogP contribution in [0.25, 0.3) is 5.57 Å². The third-order valence-corrected chi connectivity index (χ3v) is 4.96. The van der Waals surface area contributed by atoms with E-state index in [9.17, 15) is 0 Å². The normalized spacial score (nSPS) is 39.9. The third kappa shape index (κ3) is 1.22. The second-order valence-corrected chi connectivity index (χ2v) is 5.92. The van der Waals surface area contributed by atoms with Crippen molar-refractivity contribution in [3.8, 4) is 0 Å². The van der Waals surface area contributed by atoms with Gasteiger partial charge in [0.05, 0.1) is 0 Å². The number of benzene rings is 1. The van der Waals surface area contributed by atoms with Crippen molar-refractivity contribution in [1.29, 1.82) is 0 Å². The first-order valence-electron chi connectivity index (χ1n) is 6.67. The van der Waals surface area contributed by atoms with E-state index in [1.54, 1.807) is 5.57 Å². The predicted octanol–water partition coefficient (Wildman–Crippen LogP) is 4.14. The highest BCUT2D eigenvalue weighted by Crippen LogP contribution is 2.56. The summed E-state index contributed by atoms with van der Waals surface area (Å²) in [6.45, 7) is 0. The quantitative estimate of drug-likeness (QED) is 0.653. The minimum Gasteiger partial charge on any atom is -0.0773 e. The van der Waals surface area contributed by atoms with Crippen molar-refractivity contribution in [1.82, 2.24) is 0 Å². The highest BCUT2D eigenvalue weighted by molar-refractivity contribution is 5.69. The van der Waals surface area contributed by atoms with Crippen molar-refractivity contribution >= 4 is 5.57 Å². The summed E-state index contributed by atoms with van der Waals surface area (Å²) in [5.74, 6) is 3.86. The Morgan fingerprint density at radius 2 is 1.75 bits per heavy atom. The Morgan fingerprint density at radius 1 is 0.875 bits per heavy atom. The molecule has 2 saturated carbocycles. The van der Waals surface area contributed by atoms with E-state index in [1.807, 2.05) is 0 Å². The average Bonchev–Trinajstić information content (AvgIpc) is 2.54. The van der Waals surface area contributed by atoms with Gasteiger partial charge in [0.2, 0.25) is 0 Å². The Morgan fingerprint density at radius 3 is 2.62 bits per heavy atom. The van der Waals surface area contributed by atoms with Crippen LogP contribution in [0.1, 0.15) is 31.2 Å². The Balaban J connectivity index is 1.79. The molecule has 0 aromatic heterocycles. The van der Waals surface area contributed by atoms with Crippen LogP contribution in [0.2, 0.25) is 0 Å². The van der Waals surface area contributed by atoms with Crippen LogP contribution in [0.5, 0.6) is 0 Å². The second kappa shape index (κ2) is 3.23. The van der Waals surface area contributed by atoms with Crippen molar-refractivity contribution < 1.29 is 0 Å². The summed E-state index contributed by atoms with van der Waals surface area (Å²) >= 11 is 0. The molecule has 3 bridgehead atoms. The summed E-state index contributed by atoms with van der Waals surface area (Å²) in [5.41, 5.74) is 3.17. The molecule has 2 fully saturated rings. The zero-order valence-corrected chi connectivity index (χ0v) is 9.60. The van der Waals surface area contributed by atoms with Crippen LogP contribution >= 0.6 is 0 Å². The molecule has 0 radical (unpaired) electrons. The molecule has 0 heterocycles. The summed E-state index contributed by atoms with van der Waals surface area (Å²) in [7, 11) is 0. The Bertz CT molecular complexity index is 427. The lowest BCUT2D eigenvalue weighted by Crippen LogP contribution is -2.21. The van der Waals surface area contributed by atoms with Gasteiger partial charge in [-0.1, -0.05) is 36.4 Å². The van der Waals surface area contributed by atoms with Crippen LogP contribution in [0.15, 0.2) is 36.4 Å². The third-order valence-electron chi connectivity index (χ3n) is 4.96. The minimum atomic E-state index is 0.895. The zero-order valence-electron chi connectivity index (χ0n) is 9.60. The van der Waals surface area contributed by atoms with Gasteiger partial charge < -0.3 is 0 Å². The first kappa shape index (κ1) is 9.04. The van der Waals surface area contributed by atoms with Crippen LogP contribution in [0, 0.1) is 23.7 Å². The molecule has 1 aromatic carbocycles. The van der Waals surface area contributed by atoms with E-state index >= 15 is 0 Å². The number of allylic oxidation sites excluding steroid dienone is 2. The number of hydrogen-bond acceptors (Lipinski definition) is 0. The molecular weight excluding hydrogens is 192 g/mol. The van der Waals surface area contributed by atoms with Crippen LogP contribution in [0.3, 0.4) is 0 Å². The summed E-state index contributed by atoms with van der Waals surface area (Å²) in [5, 5.41) is 0. The van der Waals surface area contributed by atoms with Gasteiger partial charge in [0.15, 0.2) is 0 Å². The maximum absolute atomic E-state index is 2.61. The van der Waals surface area contributed by atoms with E-state index in [0.717, 1.165) is 23.7 Å². The van der Waals surface area contributed by atoms with Gasteiger partial charge in [-0.3, -0.25) is 0 Å². The molecular formula is C16H18. The molecule has 3 aliphatic rings. The maximum atomic E-state index is 2.61. The molecule has 1 aromatic rings.